The average molecular weight is 559 g/mol. The number of aliphatic hydroxyl groups excluding tert-OH is 1. The number of carbonyl (C=O) groups excluding carboxylic acids is 2. The molecule has 0 aliphatic carbocycles. The van der Waals surface area contributed by atoms with Crippen LogP contribution in [0.3, 0.4) is 0 Å². The van der Waals surface area contributed by atoms with Crippen molar-refractivity contribution in [1.82, 2.24) is 9.97 Å². The van der Waals surface area contributed by atoms with E-state index in [1.807, 2.05) is 6.92 Å². The third-order valence-corrected chi connectivity index (χ3v) is 7.72. The Morgan fingerprint density at radius 2 is 1.91 bits per heavy atom. The largest absolute Gasteiger partial charge is 0.507 e. The first-order chi connectivity index (χ1) is 16.3. The highest BCUT2D eigenvalue weighted by Gasteiger charge is 2.48. The molecule has 1 saturated heterocycles. The van der Waals surface area contributed by atoms with Crippen LogP contribution in [0.2, 0.25) is 5.02 Å². The van der Waals surface area contributed by atoms with Gasteiger partial charge in [0.15, 0.2) is 5.13 Å². The van der Waals surface area contributed by atoms with E-state index < -0.39 is 23.5 Å². The minimum Gasteiger partial charge on any atom is -0.507 e. The van der Waals surface area contributed by atoms with Crippen LogP contribution in [0.15, 0.2) is 64.9 Å². The highest BCUT2D eigenvalue weighted by atomic mass is 79.9. The lowest BCUT2D eigenvalue weighted by Crippen LogP contribution is -2.29. The molecule has 1 atom stereocenters. The Labute approximate surface area is 210 Å². The quantitative estimate of drug-likeness (QED) is 0.184. The van der Waals surface area contributed by atoms with E-state index in [2.05, 4.69) is 25.9 Å². The summed E-state index contributed by atoms with van der Waals surface area (Å²) in [6.45, 7) is 1.85. The van der Waals surface area contributed by atoms with Crippen molar-refractivity contribution in [2.45, 2.75) is 13.0 Å². The molecular formula is C24H14BrClFN3O3S. The third kappa shape index (κ3) is 3.70. The first-order valence-electron chi connectivity index (χ1n) is 9.99. The van der Waals surface area contributed by atoms with Gasteiger partial charge >= 0.3 is 5.91 Å². The molecule has 5 rings (SSSR count). The van der Waals surface area contributed by atoms with Crippen molar-refractivity contribution in [2.24, 2.45) is 0 Å². The van der Waals surface area contributed by atoms with Gasteiger partial charge in [-0.2, -0.15) is 0 Å². The number of nitrogens with zero attached hydrogens (tertiary/aromatic N) is 3. The molecule has 1 N–H and O–H groups in total. The summed E-state index contributed by atoms with van der Waals surface area (Å²) in [4.78, 5) is 36.2. The first kappa shape index (κ1) is 22.6. The number of amides is 1. The van der Waals surface area contributed by atoms with Gasteiger partial charge in [-0.15, -0.1) is 0 Å². The molecule has 34 heavy (non-hydrogen) atoms. The van der Waals surface area contributed by atoms with Gasteiger partial charge in [-0.25, -0.2) is 9.37 Å². The topological polar surface area (TPSA) is 83.4 Å². The van der Waals surface area contributed by atoms with Gasteiger partial charge in [0.2, 0.25) is 0 Å². The standard InChI is InChI=1S/C24H14BrClFN3O3S/c1-11-8-13(2-3-14(11)25)21(31)19-20(12-4-6-28-7-5-12)30(23(33)22(19)32)24-29-17-9-15(26)16(27)10-18(17)34-24/h2-10,20,31H,1H3/b21-19+. The SMILES string of the molecule is Cc1cc(/C(O)=C2\C(=O)C(=O)N(c3nc4cc(Cl)c(F)cc4s3)C2c2ccncc2)ccc1Br. The Morgan fingerprint density at radius 1 is 1.18 bits per heavy atom. The Morgan fingerprint density at radius 3 is 2.62 bits per heavy atom. The fraction of sp³-hybridized carbons (Fsp3) is 0.0833. The van der Waals surface area contributed by atoms with Crippen LogP contribution in [0.5, 0.6) is 0 Å². The van der Waals surface area contributed by atoms with E-state index in [9.17, 15) is 19.1 Å². The number of aliphatic hydroxyl groups is 1. The van der Waals surface area contributed by atoms with Crippen LogP contribution in [-0.4, -0.2) is 26.8 Å². The fourth-order valence-corrected chi connectivity index (χ4v) is 5.26. The molecular weight excluding hydrogens is 545 g/mol. The van der Waals surface area contributed by atoms with E-state index in [0.717, 1.165) is 21.4 Å². The molecule has 1 aliphatic heterocycles. The van der Waals surface area contributed by atoms with E-state index in [1.165, 1.54) is 29.4 Å². The van der Waals surface area contributed by atoms with Gasteiger partial charge in [-0.1, -0.05) is 44.9 Å². The molecule has 3 heterocycles. The van der Waals surface area contributed by atoms with Crippen LogP contribution >= 0.6 is 38.9 Å². The van der Waals surface area contributed by atoms with E-state index in [-0.39, 0.29) is 21.5 Å². The van der Waals surface area contributed by atoms with Crippen molar-refractivity contribution in [3.8, 4) is 0 Å². The summed E-state index contributed by atoms with van der Waals surface area (Å²) in [5.74, 6) is -2.60. The van der Waals surface area contributed by atoms with E-state index in [4.69, 9.17) is 11.6 Å². The lowest BCUT2D eigenvalue weighted by Gasteiger charge is -2.22. The summed E-state index contributed by atoms with van der Waals surface area (Å²) in [7, 11) is 0. The summed E-state index contributed by atoms with van der Waals surface area (Å²) in [5.41, 5.74) is 2.14. The Kier molecular flexibility index (Phi) is 5.71. The zero-order valence-corrected chi connectivity index (χ0v) is 20.6. The molecule has 0 bridgehead atoms. The van der Waals surface area contributed by atoms with Crippen molar-refractivity contribution in [2.75, 3.05) is 4.90 Å². The number of rotatable bonds is 3. The number of halogens is 3. The normalized spacial score (nSPS) is 17.6. The van der Waals surface area contributed by atoms with Crippen LogP contribution in [0.4, 0.5) is 9.52 Å². The number of Topliss-reactive ketones (excluding diaryl/α,β-unsaturated/α-hetero) is 1. The molecule has 2 aromatic heterocycles. The van der Waals surface area contributed by atoms with Gasteiger partial charge < -0.3 is 5.11 Å². The molecule has 170 valence electrons. The van der Waals surface area contributed by atoms with E-state index in [0.29, 0.717) is 21.3 Å². The van der Waals surface area contributed by atoms with Crippen molar-refractivity contribution >= 4 is 71.7 Å². The Balaban J connectivity index is 1.73. The van der Waals surface area contributed by atoms with Gasteiger partial charge in [-0.05, 0) is 54.4 Å². The highest BCUT2D eigenvalue weighted by molar-refractivity contribution is 9.10. The van der Waals surface area contributed by atoms with E-state index >= 15 is 0 Å². The van der Waals surface area contributed by atoms with Crippen LogP contribution in [-0.2, 0) is 9.59 Å². The van der Waals surface area contributed by atoms with Gasteiger partial charge in [0.05, 0.1) is 26.9 Å². The second-order valence-corrected chi connectivity index (χ2v) is 9.91. The summed E-state index contributed by atoms with van der Waals surface area (Å²) >= 11 is 10.4. The average Bonchev–Trinajstić information content (AvgIpc) is 3.33. The number of pyridine rings is 1. The number of aromatic nitrogens is 2. The summed E-state index contributed by atoms with van der Waals surface area (Å²) in [5, 5.41) is 11.3. The maximum atomic E-state index is 14.0. The molecule has 2 aromatic carbocycles. The lowest BCUT2D eigenvalue weighted by molar-refractivity contribution is -0.132. The minimum absolute atomic E-state index is 0.0682. The molecule has 10 heteroatoms. The number of ketones is 1. The Bertz CT molecular complexity index is 1480. The maximum Gasteiger partial charge on any atom is 0.301 e. The van der Waals surface area contributed by atoms with Crippen molar-refractivity contribution in [1.29, 1.82) is 0 Å². The first-order valence-corrected chi connectivity index (χ1v) is 12.0. The van der Waals surface area contributed by atoms with Gasteiger partial charge in [-0.3, -0.25) is 19.5 Å². The van der Waals surface area contributed by atoms with Crippen LogP contribution in [0, 0.1) is 12.7 Å². The molecule has 1 unspecified atom stereocenters. The van der Waals surface area contributed by atoms with Gasteiger partial charge in [0, 0.05) is 22.4 Å². The number of thiazole rings is 1. The molecule has 0 spiro atoms. The minimum atomic E-state index is -0.951. The zero-order valence-electron chi connectivity index (χ0n) is 17.4. The second kappa shape index (κ2) is 8.57. The number of anilines is 1. The molecule has 0 saturated carbocycles. The van der Waals surface area contributed by atoms with E-state index in [1.54, 1.807) is 30.3 Å². The fourth-order valence-electron chi connectivity index (χ4n) is 3.85. The second-order valence-electron chi connectivity index (χ2n) is 7.64. The molecule has 0 radical (unpaired) electrons. The van der Waals surface area contributed by atoms with Crippen LogP contribution in [0.25, 0.3) is 16.0 Å². The van der Waals surface area contributed by atoms with Gasteiger partial charge in [0.25, 0.3) is 5.78 Å². The lowest BCUT2D eigenvalue weighted by atomic mass is 9.95. The number of carbonyl (C=O) groups is 2. The molecule has 1 amide bonds. The van der Waals surface area contributed by atoms with Gasteiger partial charge in [0.1, 0.15) is 11.6 Å². The summed E-state index contributed by atoms with van der Waals surface area (Å²) < 4.78 is 15.3. The van der Waals surface area contributed by atoms with Crippen molar-refractivity contribution in [3.63, 3.8) is 0 Å². The summed E-state index contributed by atoms with van der Waals surface area (Å²) in [6.07, 6.45) is 3.07. The maximum absolute atomic E-state index is 14.0. The Hall–Kier alpha value is -3.14. The molecule has 4 aromatic rings. The number of hydrogen-bond acceptors (Lipinski definition) is 6. The monoisotopic (exact) mass is 557 g/mol. The number of fused-ring (bicyclic) bond motifs is 1. The number of hydrogen-bond donors (Lipinski definition) is 1. The smallest absolute Gasteiger partial charge is 0.301 e. The summed E-state index contributed by atoms with van der Waals surface area (Å²) in [6, 6.07) is 10.1. The van der Waals surface area contributed by atoms with Crippen LogP contribution < -0.4 is 4.90 Å². The predicted molar refractivity (Wildman–Crippen MR) is 132 cm³/mol. The highest BCUT2D eigenvalue weighted by Crippen LogP contribution is 2.44. The molecule has 6 nitrogen and oxygen atoms in total. The number of aryl methyl sites for hydroxylation is 1. The molecule has 1 fully saturated rings. The van der Waals surface area contributed by atoms with Crippen molar-refractivity contribution < 1.29 is 19.1 Å². The number of benzene rings is 2. The zero-order chi connectivity index (χ0) is 24.1. The predicted octanol–water partition coefficient (Wildman–Crippen LogP) is 6.18. The van der Waals surface area contributed by atoms with Crippen LogP contribution in [0.1, 0.15) is 22.7 Å². The van der Waals surface area contributed by atoms with Crippen molar-refractivity contribution in [3.05, 3.63) is 92.4 Å². The molecule has 1 aliphatic rings. The third-order valence-electron chi connectivity index (χ3n) is 5.52.